The second-order valence-electron chi connectivity index (χ2n) is 3.79. The number of hydrogen-bond acceptors (Lipinski definition) is 4. The molecule has 0 amide bonds. The molecule has 0 aliphatic rings. The smallest absolute Gasteiger partial charge is 0.185 e. The highest BCUT2D eigenvalue weighted by Gasteiger charge is 2.23. The molecule has 0 aliphatic carbocycles. The van der Waals surface area contributed by atoms with Gasteiger partial charge in [0.25, 0.3) is 0 Å². The number of carbonyl (C=O) groups excluding carboxylic acids is 1. The van der Waals surface area contributed by atoms with Crippen molar-refractivity contribution in [3.05, 3.63) is 35.1 Å². The van der Waals surface area contributed by atoms with Crippen LogP contribution in [-0.2, 0) is 4.79 Å². The summed E-state index contributed by atoms with van der Waals surface area (Å²) in [5.41, 5.74) is 0.661. The summed E-state index contributed by atoms with van der Waals surface area (Å²) in [6, 6.07) is 4.43. The van der Waals surface area contributed by atoms with Gasteiger partial charge < -0.3 is 10.2 Å². The van der Waals surface area contributed by atoms with E-state index in [1.807, 2.05) is 0 Å². The summed E-state index contributed by atoms with van der Waals surface area (Å²) in [6.07, 6.45) is -2.48. The minimum absolute atomic E-state index is 0.0459. The molecule has 0 fully saturated rings. The van der Waals surface area contributed by atoms with Crippen molar-refractivity contribution in [1.29, 1.82) is 0 Å². The maximum absolute atomic E-state index is 13.5. The van der Waals surface area contributed by atoms with Crippen LogP contribution in [0.2, 0.25) is 0 Å². The Hall–Kier alpha value is -0.910. The predicted octanol–water partition coefficient (Wildman–Crippen LogP) is 1.81. The second-order valence-corrected chi connectivity index (χ2v) is 4.98. The molecule has 94 valence electrons. The first kappa shape index (κ1) is 14.2. The van der Waals surface area contributed by atoms with Crippen LogP contribution in [0.1, 0.15) is 24.2 Å². The van der Waals surface area contributed by atoms with Crippen molar-refractivity contribution in [3.8, 4) is 0 Å². The minimum Gasteiger partial charge on any atom is -0.389 e. The Balaban J connectivity index is 2.81. The van der Waals surface area contributed by atoms with E-state index in [1.165, 1.54) is 19.1 Å². The second kappa shape index (κ2) is 6.14. The van der Waals surface area contributed by atoms with Crippen LogP contribution in [0.25, 0.3) is 0 Å². The van der Waals surface area contributed by atoms with Crippen LogP contribution >= 0.6 is 11.8 Å². The molecule has 0 aromatic heterocycles. The topological polar surface area (TPSA) is 57.5 Å². The van der Waals surface area contributed by atoms with Crippen molar-refractivity contribution in [2.45, 2.75) is 26.1 Å². The van der Waals surface area contributed by atoms with Crippen LogP contribution in [0, 0.1) is 12.7 Å². The highest BCUT2D eigenvalue weighted by molar-refractivity contribution is 8.13. The van der Waals surface area contributed by atoms with Gasteiger partial charge in [0, 0.05) is 18.2 Å². The van der Waals surface area contributed by atoms with Crippen LogP contribution in [-0.4, -0.2) is 27.2 Å². The Morgan fingerprint density at radius 3 is 2.65 bits per heavy atom. The van der Waals surface area contributed by atoms with E-state index < -0.39 is 18.0 Å². The lowest BCUT2D eigenvalue weighted by Gasteiger charge is -2.19. The molecule has 3 nitrogen and oxygen atoms in total. The van der Waals surface area contributed by atoms with Crippen LogP contribution in [0.3, 0.4) is 0 Å². The van der Waals surface area contributed by atoms with Gasteiger partial charge in [-0.15, -0.1) is 0 Å². The number of aryl methyl sites for hydroxylation is 1. The zero-order valence-electron chi connectivity index (χ0n) is 9.68. The summed E-state index contributed by atoms with van der Waals surface area (Å²) in [5.74, 6) is -0.506. The fraction of sp³-hybridized carbons (Fsp3) is 0.417. The molecular formula is C12H15FO3S. The summed E-state index contributed by atoms with van der Waals surface area (Å²) in [7, 11) is 0. The molecule has 0 bridgehead atoms. The van der Waals surface area contributed by atoms with E-state index >= 15 is 0 Å². The maximum Gasteiger partial charge on any atom is 0.185 e. The fourth-order valence-corrected chi connectivity index (χ4v) is 2.09. The van der Waals surface area contributed by atoms with E-state index in [9.17, 15) is 19.4 Å². The van der Waals surface area contributed by atoms with Gasteiger partial charge in [0.2, 0.25) is 0 Å². The van der Waals surface area contributed by atoms with E-state index in [0.29, 0.717) is 5.56 Å². The SMILES string of the molecule is CC(=O)SCC(O)C(O)c1c(C)cccc1F. The van der Waals surface area contributed by atoms with Crippen molar-refractivity contribution >= 4 is 16.9 Å². The van der Waals surface area contributed by atoms with E-state index in [4.69, 9.17) is 0 Å². The molecule has 1 aromatic carbocycles. The molecule has 5 heteroatoms. The van der Waals surface area contributed by atoms with Gasteiger partial charge in [-0.25, -0.2) is 4.39 Å². The molecule has 2 atom stereocenters. The summed E-state index contributed by atoms with van der Waals surface area (Å²) in [6.45, 7) is 3.03. The highest BCUT2D eigenvalue weighted by atomic mass is 32.2. The first-order chi connectivity index (χ1) is 7.93. The van der Waals surface area contributed by atoms with Crippen molar-refractivity contribution in [2.24, 2.45) is 0 Å². The highest BCUT2D eigenvalue weighted by Crippen LogP contribution is 2.25. The first-order valence-corrected chi connectivity index (χ1v) is 6.16. The number of hydrogen-bond donors (Lipinski definition) is 2. The third kappa shape index (κ3) is 3.80. The number of aliphatic hydroxyl groups excluding tert-OH is 2. The predicted molar refractivity (Wildman–Crippen MR) is 65.2 cm³/mol. The standard InChI is InChI=1S/C12H15FO3S/c1-7-4-3-5-9(13)11(7)12(16)10(15)6-17-8(2)14/h3-5,10,12,15-16H,6H2,1-2H3. The molecule has 0 saturated carbocycles. The van der Waals surface area contributed by atoms with Crippen LogP contribution in [0.15, 0.2) is 18.2 Å². The van der Waals surface area contributed by atoms with Gasteiger partial charge in [0.05, 0.1) is 6.10 Å². The molecule has 1 rings (SSSR count). The van der Waals surface area contributed by atoms with E-state index in [1.54, 1.807) is 13.0 Å². The quantitative estimate of drug-likeness (QED) is 0.864. The van der Waals surface area contributed by atoms with Crippen molar-refractivity contribution in [3.63, 3.8) is 0 Å². The van der Waals surface area contributed by atoms with Gasteiger partial charge in [0.15, 0.2) is 5.12 Å². The number of aliphatic hydroxyl groups is 2. The van der Waals surface area contributed by atoms with E-state index in [-0.39, 0.29) is 16.4 Å². The Bertz CT molecular complexity index is 388. The molecule has 0 spiro atoms. The van der Waals surface area contributed by atoms with Gasteiger partial charge in [-0.1, -0.05) is 23.9 Å². The van der Waals surface area contributed by atoms with Gasteiger partial charge in [-0.05, 0) is 18.6 Å². The van der Waals surface area contributed by atoms with E-state index in [2.05, 4.69) is 0 Å². The molecule has 1 aromatic rings. The summed E-state index contributed by atoms with van der Waals surface area (Å²) >= 11 is 0.903. The lowest BCUT2D eigenvalue weighted by atomic mass is 9.99. The lowest BCUT2D eigenvalue weighted by Crippen LogP contribution is -2.23. The zero-order valence-corrected chi connectivity index (χ0v) is 10.5. The Kier molecular flexibility index (Phi) is 5.11. The average Bonchev–Trinajstić information content (AvgIpc) is 2.25. The average molecular weight is 258 g/mol. The summed E-state index contributed by atoms with van der Waals surface area (Å²) in [5, 5.41) is 19.4. The first-order valence-electron chi connectivity index (χ1n) is 5.18. The Labute approximate surface area is 104 Å². The summed E-state index contributed by atoms with van der Waals surface area (Å²) in [4.78, 5) is 10.7. The molecule has 0 saturated heterocycles. The monoisotopic (exact) mass is 258 g/mol. The Morgan fingerprint density at radius 1 is 1.47 bits per heavy atom. The Morgan fingerprint density at radius 2 is 2.12 bits per heavy atom. The molecule has 0 heterocycles. The summed E-state index contributed by atoms with van der Waals surface area (Å²) < 4.78 is 13.5. The van der Waals surface area contributed by atoms with Gasteiger partial charge in [-0.2, -0.15) is 0 Å². The molecule has 0 aliphatic heterocycles. The minimum atomic E-state index is -1.32. The lowest BCUT2D eigenvalue weighted by molar-refractivity contribution is -0.109. The maximum atomic E-state index is 13.5. The van der Waals surface area contributed by atoms with Crippen molar-refractivity contribution < 1.29 is 19.4 Å². The largest absolute Gasteiger partial charge is 0.389 e. The number of thioether (sulfide) groups is 1. The number of rotatable bonds is 4. The normalized spacial score (nSPS) is 14.4. The number of carbonyl (C=O) groups is 1. The molecule has 0 radical (unpaired) electrons. The van der Waals surface area contributed by atoms with Crippen LogP contribution in [0.5, 0.6) is 0 Å². The van der Waals surface area contributed by atoms with Crippen LogP contribution in [0.4, 0.5) is 4.39 Å². The molecule has 17 heavy (non-hydrogen) atoms. The molecule has 2 unspecified atom stereocenters. The fourth-order valence-electron chi connectivity index (χ4n) is 1.51. The number of benzene rings is 1. The van der Waals surface area contributed by atoms with Gasteiger partial charge in [-0.3, -0.25) is 4.79 Å². The van der Waals surface area contributed by atoms with Gasteiger partial charge in [0.1, 0.15) is 11.9 Å². The van der Waals surface area contributed by atoms with Crippen molar-refractivity contribution in [2.75, 3.05) is 5.75 Å². The van der Waals surface area contributed by atoms with Crippen LogP contribution < -0.4 is 0 Å². The third-order valence-corrected chi connectivity index (χ3v) is 3.30. The zero-order chi connectivity index (χ0) is 13.0. The molecular weight excluding hydrogens is 243 g/mol. The van der Waals surface area contributed by atoms with E-state index in [0.717, 1.165) is 11.8 Å². The van der Waals surface area contributed by atoms with Crippen molar-refractivity contribution in [1.82, 2.24) is 0 Å². The molecule has 2 N–H and O–H groups in total. The number of halogens is 1. The van der Waals surface area contributed by atoms with Gasteiger partial charge >= 0.3 is 0 Å². The third-order valence-electron chi connectivity index (χ3n) is 2.39.